The van der Waals surface area contributed by atoms with Gasteiger partial charge in [-0.1, -0.05) is 50.9 Å². The molecule has 0 aliphatic carbocycles. The van der Waals surface area contributed by atoms with Gasteiger partial charge in [-0.3, -0.25) is 0 Å². The Hall–Kier alpha value is -4.12. The number of aryl methyl sites for hydroxylation is 1. The van der Waals surface area contributed by atoms with Crippen LogP contribution >= 0.6 is 11.6 Å². The van der Waals surface area contributed by atoms with Gasteiger partial charge < -0.3 is 14.5 Å². The molecule has 0 saturated carbocycles. The van der Waals surface area contributed by atoms with E-state index >= 15 is 4.39 Å². The minimum Gasteiger partial charge on any atom is -0.444 e. The third-order valence-electron chi connectivity index (χ3n) is 8.26. The fourth-order valence-corrected chi connectivity index (χ4v) is 6.27. The summed E-state index contributed by atoms with van der Waals surface area (Å²) in [5.74, 6) is -0.226. The van der Waals surface area contributed by atoms with E-state index in [2.05, 4.69) is 15.0 Å². The molecule has 2 atom stereocenters. The van der Waals surface area contributed by atoms with Gasteiger partial charge in [-0.05, 0) is 71.6 Å². The second kappa shape index (κ2) is 12.8. The maximum absolute atomic E-state index is 15.3. The predicted octanol–water partition coefficient (Wildman–Crippen LogP) is 7.42. The van der Waals surface area contributed by atoms with E-state index in [1.807, 2.05) is 74.1 Å². The Balaban J connectivity index is 1.79. The summed E-state index contributed by atoms with van der Waals surface area (Å²) in [6, 6.07) is 5.94. The van der Waals surface area contributed by atoms with Gasteiger partial charge >= 0.3 is 11.8 Å². The number of ether oxygens (including phenoxy) is 1. The summed E-state index contributed by atoms with van der Waals surface area (Å²) in [7, 11) is 0. The van der Waals surface area contributed by atoms with Crippen LogP contribution in [0, 0.1) is 12.7 Å². The van der Waals surface area contributed by atoms with Gasteiger partial charge in [-0.15, -0.1) is 0 Å². The summed E-state index contributed by atoms with van der Waals surface area (Å²) in [4.78, 5) is 49.9. The fraction of sp³-hybridized carbons (Fsp3) is 0.486. The van der Waals surface area contributed by atoms with Crippen LogP contribution in [0.4, 0.5) is 15.0 Å². The SMILES string of the molecule is Cc1ccc(F)c(-c2nc3c(cc2Cl)c(N2C[C@@H](C)N(C(=O)OC(C)(C)C)C[C@@H]2C)nc(=O)n3-c2c(C(C)C)ncnc2C(C)C)c1. The van der Waals surface area contributed by atoms with E-state index in [-0.39, 0.29) is 45.8 Å². The molecule has 47 heavy (non-hydrogen) atoms. The number of halogens is 2. The van der Waals surface area contributed by atoms with E-state index in [0.717, 1.165) is 5.56 Å². The van der Waals surface area contributed by atoms with Crippen molar-refractivity contribution in [3.63, 3.8) is 0 Å². The van der Waals surface area contributed by atoms with Crippen LogP contribution in [-0.4, -0.2) is 66.3 Å². The Morgan fingerprint density at radius 2 is 1.64 bits per heavy atom. The summed E-state index contributed by atoms with van der Waals surface area (Å²) in [6.45, 7) is 20.0. The molecule has 4 heterocycles. The van der Waals surface area contributed by atoms with Crippen LogP contribution in [0.15, 0.2) is 35.4 Å². The number of anilines is 1. The number of pyridine rings is 1. The van der Waals surface area contributed by atoms with Crippen LogP contribution in [0.3, 0.4) is 0 Å². The van der Waals surface area contributed by atoms with Crippen LogP contribution < -0.4 is 10.6 Å². The lowest BCUT2D eigenvalue weighted by atomic mass is 10.0. The minimum atomic E-state index is -0.638. The number of piperazine rings is 1. The molecule has 5 rings (SSSR count). The highest BCUT2D eigenvalue weighted by Gasteiger charge is 2.37. The molecule has 0 bridgehead atoms. The first-order valence-electron chi connectivity index (χ1n) is 16.0. The molecule has 0 unspecified atom stereocenters. The summed E-state index contributed by atoms with van der Waals surface area (Å²) in [5.41, 5.74) is 2.13. The molecule has 1 fully saturated rings. The summed E-state index contributed by atoms with van der Waals surface area (Å²) < 4.78 is 22.4. The van der Waals surface area contributed by atoms with Gasteiger partial charge in [0.05, 0.1) is 33.2 Å². The molecule has 1 aliphatic heterocycles. The van der Waals surface area contributed by atoms with Crippen molar-refractivity contribution in [2.75, 3.05) is 18.0 Å². The number of benzene rings is 1. The van der Waals surface area contributed by atoms with Crippen LogP contribution in [0.2, 0.25) is 5.02 Å². The molecule has 1 aliphatic rings. The summed E-state index contributed by atoms with van der Waals surface area (Å²) in [5, 5.41) is 0.713. The lowest BCUT2D eigenvalue weighted by molar-refractivity contribution is 0.0130. The number of amides is 1. The third-order valence-corrected chi connectivity index (χ3v) is 8.55. The molecule has 1 saturated heterocycles. The first kappa shape index (κ1) is 34.2. The number of fused-ring (bicyclic) bond motifs is 1. The van der Waals surface area contributed by atoms with Crippen molar-refractivity contribution < 1.29 is 13.9 Å². The van der Waals surface area contributed by atoms with Crippen molar-refractivity contribution in [1.29, 1.82) is 0 Å². The van der Waals surface area contributed by atoms with E-state index < -0.39 is 23.2 Å². The maximum Gasteiger partial charge on any atom is 0.410 e. The zero-order chi connectivity index (χ0) is 34.5. The largest absolute Gasteiger partial charge is 0.444 e. The van der Waals surface area contributed by atoms with Gasteiger partial charge in [-0.25, -0.2) is 33.5 Å². The predicted molar refractivity (Wildman–Crippen MR) is 183 cm³/mol. The Bertz CT molecular complexity index is 1880. The van der Waals surface area contributed by atoms with Gasteiger partial charge in [-0.2, -0.15) is 4.98 Å². The van der Waals surface area contributed by atoms with Gasteiger partial charge in [0.15, 0.2) is 5.65 Å². The third kappa shape index (κ3) is 6.68. The fourth-order valence-electron chi connectivity index (χ4n) is 6.01. The van der Waals surface area contributed by atoms with E-state index in [0.29, 0.717) is 41.4 Å². The summed E-state index contributed by atoms with van der Waals surface area (Å²) >= 11 is 6.91. The quantitative estimate of drug-likeness (QED) is 0.217. The van der Waals surface area contributed by atoms with Crippen molar-refractivity contribution in [2.24, 2.45) is 0 Å². The number of nitrogens with zero attached hydrogens (tertiary/aromatic N) is 7. The van der Waals surface area contributed by atoms with E-state index in [1.54, 1.807) is 23.1 Å². The first-order valence-corrected chi connectivity index (χ1v) is 16.4. The van der Waals surface area contributed by atoms with Gasteiger partial charge in [0.1, 0.15) is 23.6 Å². The number of aromatic nitrogens is 5. The number of carbonyl (C=O) groups is 1. The van der Waals surface area contributed by atoms with Crippen molar-refractivity contribution in [1.82, 2.24) is 29.4 Å². The van der Waals surface area contributed by atoms with Crippen LogP contribution in [0.25, 0.3) is 28.0 Å². The molecular formula is C35H43ClFN7O3. The molecular weight excluding hydrogens is 621 g/mol. The minimum absolute atomic E-state index is 0.0603. The van der Waals surface area contributed by atoms with Crippen molar-refractivity contribution in [3.8, 4) is 16.9 Å². The molecule has 0 radical (unpaired) electrons. The molecule has 3 aromatic heterocycles. The Morgan fingerprint density at radius 3 is 2.23 bits per heavy atom. The Labute approximate surface area is 280 Å². The molecule has 1 aromatic carbocycles. The van der Waals surface area contributed by atoms with Crippen molar-refractivity contribution in [3.05, 3.63) is 68.9 Å². The highest BCUT2D eigenvalue weighted by Crippen LogP contribution is 2.37. The molecule has 250 valence electrons. The number of carbonyl (C=O) groups excluding carboxylic acids is 1. The molecule has 4 aromatic rings. The number of rotatable bonds is 5. The molecule has 0 N–H and O–H groups in total. The Kier molecular flexibility index (Phi) is 9.34. The Morgan fingerprint density at radius 1 is 1.00 bits per heavy atom. The zero-order valence-corrected chi connectivity index (χ0v) is 29.5. The first-order chi connectivity index (χ1) is 22.0. The van der Waals surface area contributed by atoms with Gasteiger partial charge in [0.2, 0.25) is 0 Å². The maximum atomic E-state index is 15.3. The van der Waals surface area contributed by atoms with E-state index in [4.69, 9.17) is 21.3 Å². The van der Waals surface area contributed by atoms with Gasteiger partial charge in [0, 0.05) is 30.7 Å². The highest BCUT2D eigenvalue weighted by molar-refractivity contribution is 6.33. The lowest BCUT2D eigenvalue weighted by Crippen LogP contribution is -2.59. The van der Waals surface area contributed by atoms with Crippen molar-refractivity contribution in [2.45, 2.75) is 98.8 Å². The number of hydrogen-bond acceptors (Lipinski definition) is 8. The second-order valence-corrected chi connectivity index (χ2v) is 14.4. The lowest BCUT2D eigenvalue weighted by Gasteiger charge is -2.44. The highest BCUT2D eigenvalue weighted by atomic mass is 35.5. The monoisotopic (exact) mass is 663 g/mol. The average molecular weight is 664 g/mol. The van der Waals surface area contributed by atoms with Crippen LogP contribution in [0.5, 0.6) is 0 Å². The molecule has 10 nitrogen and oxygen atoms in total. The van der Waals surface area contributed by atoms with Gasteiger partial charge in [0.25, 0.3) is 0 Å². The van der Waals surface area contributed by atoms with Crippen LogP contribution in [-0.2, 0) is 4.74 Å². The summed E-state index contributed by atoms with van der Waals surface area (Å²) in [6.07, 6.45) is 1.11. The normalized spacial score (nSPS) is 17.2. The van der Waals surface area contributed by atoms with E-state index in [9.17, 15) is 9.59 Å². The molecule has 0 spiro atoms. The topological polar surface area (TPSA) is 106 Å². The van der Waals surface area contributed by atoms with Crippen LogP contribution in [0.1, 0.15) is 91.1 Å². The number of hydrogen-bond donors (Lipinski definition) is 0. The zero-order valence-electron chi connectivity index (χ0n) is 28.7. The molecule has 12 heteroatoms. The standard InChI is InChI=1S/C35H43ClFN7O3/c1-18(2)27-30(28(19(3)4)39-17-38-27)44-32-24(14-25(36)29(40-32)23-13-20(5)11-12-26(23)37)31(41-33(44)45)42-15-22(7)43(16-21(42)6)34(46)47-35(8,9)10/h11-14,17-19,21-22H,15-16H2,1-10H3/t21-,22+/m0/s1. The second-order valence-electron chi connectivity index (χ2n) is 14.0. The average Bonchev–Trinajstić information content (AvgIpc) is 2.97. The van der Waals surface area contributed by atoms with E-state index in [1.165, 1.54) is 17.0 Å². The molecule has 1 amide bonds. The smallest absolute Gasteiger partial charge is 0.410 e. The van der Waals surface area contributed by atoms with Crippen molar-refractivity contribution >= 4 is 34.5 Å².